The lowest BCUT2D eigenvalue weighted by Crippen LogP contribution is -2.36. The van der Waals surface area contributed by atoms with Crippen molar-refractivity contribution in [2.75, 3.05) is 19.8 Å². The van der Waals surface area contributed by atoms with Crippen molar-refractivity contribution in [2.24, 2.45) is 0 Å². The van der Waals surface area contributed by atoms with E-state index in [0.717, 1.165) is 6.42 Å². The number of carbonyl (C=O) groups excluding carboxylic acids is 1. The van der Waals surface area contributed by atoms with Crippen LogP contribution in [-0.2, 0) is 18.6 Å². The topological polar surface area (TPSA) is 76.7 Å². The first kappa shape index (κ1) is 15.2. The molecule has 1 saturated heterocycles. The Morgan fingerprint density at radius 3 is 2.85 bits per heavy atom. The van der Waals surface area contributed by atoms with E-state index in [-0.39, 0.29) is 6.61 Å². The molecule has 1 aromatic rings. The second-order valence-electron chi connectivity index (χ2n) is 4.37. The van der Waals surface area contributed by atoms with Crippen molar-refractivity contribution in [1.82, 2.24) is 10.2 Å². The van der Waals surface area contributed by atoms with Crippen LogP contribution in [0.15, 0.2) is 30.3 Å². The molecule has 0 spiro atoms. The summed E-state index contributed by atoms with van der Waals surface area (Å²) in [5, 5.41) is 5.59. The Bertz CT molecular complexity index is 484. The summed E-state index contributed by atoms with van der Waals surface area (Å²) in [6, 6.07) is 8.23. The average Bonchev–Trinajstić information content (AvgIpc) is 2.47. The van der Waals surface area contributed by atoms with Crippen LogP contribution in [0.4, 0.5) is 0 Å². The van der Waals surface area contributed by atoms with E-state index in [1.54, 1.807) is 19.1 Å². The number of esters is 1. The van der Waals surface area contributed by atoms with Gasteiger partial charge in [-0.05, 0) is 18.9 Å². The Labute approximate surface area is 118 Å². The van der Waals surface area contributed by atoms with Gasteiger partial charge in [-0.25, -0.2) is 15.0 Å². The van der Waals surface area contributed by atoms with Crippen LogP contribution in [0.1, 0.15) is 24.9 Å². The first-order chi connectivity index (χ1) is 9.64. The monoisotopic (exact) mass is 298 g/mol. The van der Waals surface area contributed by atoms with Gasteiger partial charge in [0.15, 0.2) is 0 Å². The minimum Gasteiger partial charge on any atom is -0.465 e. The Hall–Kier alpha value is -1.20. The maximum atomic E-state index is 12.5. The Balaban J connectivity index is 2.18. The predicted octanol–water partition coefficient (Wildman–Crippen LogP) is 2.00. The van der Waals surface area contributed by atoms with Gasteiger partial charge < -0.3 is 9.26 Å². The van der Waals surface area contributed by atoms with E-state index in [9.17, 15) is 9.36 Å². The van der Waals surface area contributed by atoms with Crippen LogP contribution < -0.4 is 10.2 Å². The molecule has 2 rings (SSSR count). The molecule has 0 amide bonds. The molecule has 7 heteroatoms. The van der Waals surface area contributed by atoms with Gasteiger partial charge in [-0.1, -0.05) is 30.3 Å². The maximum Gasteiger partial charge on any atom is 0.341 e. The lowest BCUT2D eigenvalue weighted by molar-refractivity contribution is -0.145. The zero-order valence-corrected chi connectivity index (χ0v) is 12.3. The van der Waals surface area contributed by atoms with Gasteiger partial charge >= 0.3 is 13.6 Å². The quantitative estimate of drug-likeness (QED) is 0.639. The summed E-state index contributed by atoms with van der Waals surface area (Å²) in [5.41, 5.74) is 0.692. The minimum absolute atomic E-state index is 0.266. The zero-order chi connectivity index (χ0) is 14.4. The van der Waals surface area contributed by atoms with Crippen molar-refractivity contribution < 1.29 is 18.6 Å². The highest BCUT2D eigenvalue weighted by Crippen LogP contribution is 2.42. The molecular formula is C13H19N2O4P. The molecule has 0 aliphatic carbocycles. The van der Waals surface area contributed by atoms with Gasteiger partial charge in [-0.15, -0.1) is 0 Å². The van der Waals surface area contributed by atoms with Crippen molar-refractivity contribution in [1.29, 1.82) is 0 Å². The zero-order valence-electron chi connectivity index (χ0n) is 11.4. The van der Waals surface area contributed by atoms with Crippen molar-refractivity contribution in [3.63, 3.8) is 0 Å². The van der Waals surface area contributed by atoms with Crippen LogP contribution >= 0.6 is 7.67 Å². The van der Waals surface area contributed by atoms with Crippen molar-refractivity contribution in [3.05, 3.63) is 35.9 Å². The highest BCUT2D eigenvalue weighted by molar-refractivity contribution is 7.54. The van der Waals surface area contributed by atoms with E-state index in [1.165, 1.54) is 0 Å². The Morgan fingerprint density at radius 2 is 2.25 bits per heavy atom. The fraction of sp³-hybridized carbons (Fsp3) is 0.462. The number of benzene rings is 1. The van der Waals surface area contributed by atoms with Crippen LogP contribution in [0.5, 0.6) is 0 Å². The number of hydrogen-bond acceptors (Lipinski definition) is 4. The van der Waals surface area contributed by atoms with E-state index >= 15 is 0 Å². The standard InChI is InChI=1S/C13H19N2O4P/c1-2-18-13(16)12(11-7-4-3-5-8-11)15-20(17)14-9-6-10-19-20/h3-5,7-8,12H,2,6,9-10H2,1H3,(H2,14,15,17). The van der Waals surface area contributed by atoms with Gasteiger partial charge in [0.2, 0.25) is 0 Å². The molecule has 2 unspecified atom stereocenters. The maximum absolute atomic E-state index is 12.5. The van der Waals surface area contributed by atoms with Crippen LogP contribution in [0, 0.1) is 0 Å². The van der Waals surface area contributed by atoms with Crippen LogP contribution in [0.2, 0.25) is 0 Å². The molecule has 2 N–H and O–H groups in total. The fourth-order valence-corrected chi connectivity index (χ4v) is 3.61. The van der Waals surface area contributed by atoms with Gasteiger partial charge in [0.05, 0.1) is 13.2 Å². The van der Waals surface area contributed by atoms with Crippen LogP contribution in [0.3, 0.4) is 0 Å². The normalized spacial score (nSPS) is 24.1. The van der Waals surface area contributed by atoms with Gasteiger partial charge in [0, 0.05) is 6.54 Å². The Kier molecular flexibility index (Phi) is 5.31. The highest BCUT2D eigenvalue weighted by Gasteiger charge is 2.33. The number of ether oxygens (including phenoxy) is 1. The molecule has 0 bridgehead atoms. The average molecular weight is 298 g/mol. The van der Waals surface area contributed by atoms with E-state index < -0.39 is 19.7 Å². The molecule has 2 atom stereocenters. The van der Waals surface area contributed by atoms with Gasteiger partial charge in [-0.2, -0.15) is 0 Å². The minimum atomic E-state index is -3.21. The lowest BCUT2D eigenvalue weighted by Gasteiger charge is -2.28. The number of nitrogens with one attached hydrogen (secondary N) is 2. The largest absolute Gasteiger partial charge is 0.465 e. The summed E-state index contributed by atoms with van der Waals surface area (Å²) in [5.74, 6) is -0.468. The third-order valence-corrected chi connectivity index (χ3v) is 4.65. The summed E-state index contributed by atoms with van der Waals surface area (Å²) in [4.78, 5) is 12.1. The van der Waals surface area contributed by atoms with E-state index in [4.69, 9.17) is 9.26 Å². The molecular weight excluding hydrogens is 279 g/mol. The number of rotatable bonds is 5. The van der Waals surface area contributed by atoms with Gasteiger partial charge in [0.1, 0.15) is 6.04 Å². The summed E-state index contributed by atoms with van der Waals surface area (Å²) in [6.45, 7) is 3.00. The molecule has 0 saturated carbocycles. The fourth-order valence-electron chi connectivity index (χ4n) is 1.92. The van der Waals surface area contributed by atoms with Crippen molar-refractivity contribution in [3.8, 4) is 0 Å². The SMILES string of the molecule is CCOC(=O)C(NP1(=O)NCCCO1)c1ccccc1. The third kappa shape index (κ3) is 3.90. The van der Waals surface area contributed by atoms with Crippen LogP contribution in [-0.4, -0.2) is 25.7 Å². The van der Waals surface area contributed by atoms with Gasteiger partial charge in [0.25, 0.3) is 0 Å². The molecule has 1 fully saturated rings. The number of carbonyl (C=O) groups is 1. The molecule has 110 valence electrons. The second kappa shape index (κ2) is 6.99. The molecule has 1 heterocycles. The van der Waals surface area contributed by atoms with E-state index in [1.807, 2.05) is 18.2 Å². The number of hydrogen-bond donors (Lipinski definition) is 2. The van der Waals surface area contributed by atoms with Crippen molar-refractivity contribution >= 4 is 13.6 Å². The molecule has 1 aliphatic rings. The molecule has 20 heavy (non-hydrogen) atoms. The first-order valence-electron chi connectivity index (χ1n) is 6.64. The predicted molar refractivity (Wildman–Crippen MR) is 75.1 cm³/mol. The molecule has 1 aromatic carbocycles. The van der Waals surface area contributed by atoms with Gasteiger partial charge in [-0.3, -0.25) is 4.57 Å². The summed E-state index contributed by atoms with van der Waals surface area (Å²) < 4.78 is 22.8. The smallest absolute Gasteiger partial charge is 0.341 e. The Morgan fingerprint density at radius 1 is 1.50 bits per heavy atom. The second-order valence-corrected chi connectivity index (χ2v) is 6.31. The molecule has 0 radical (unpaired) electrons. The highest BCUT2D eigenvalue weighted by atomic mass is 31.2. The molecule has 6 nitrogen and oxygen atoms in total. The third-order valence-electron chi connectivity index (χ3n) is 2.87. The van der Waals surface area contributed by atoms with Crippen LogP contribution in [0.25, 0.3) is 0 Å². The summed E-state index contributed by atoms with van der Waals surface area (Å²) in [7, 11) is -3.21. The first-order valence-corrected chi connectivity index (χ1v) is 8.26. The summed E-state index contributed by atoms with van der Waals surface area (Å²) >= 11 is 0. The lowest BCUT2D eigenvalue weighted by atomic mass is 10.1. The molecule has 1 aliphatic heterocycles. The van der Waals surface area contributed by atoms with E-state index in [2.05, 4.69) is 10.2 Å². The van der Waals surface area contributed by atoms with E-state index in [0.29, 0.717) is 18.7 Å². The summed E-state index contributed by atoms with van der Waals surface area (Å²) in [6.07, 6.45) is 0.793. The van der Waals surface area contributed by atoms with Crippen molar-refractivity contribution in [2.45, 2.75) is 19.4 Å². The molecule has 0 aromatic heterocycles.